The normalized spacial score (nSPS) is 19.0. The lowest BCUT2D eigenvalue weighted by molar-refractivity contribution is 0.190. The Hall–Kier alpha value is -2.10. The Morgan fingerprint density at radius 2 is 2.08 bits per heavy atom. The van der Waals surface area contributed by atoms with E-state index in [4.69, 9.17) is 9.05 Å². The van der Waals surface area contributed by atoms with Crippen molar-refractivity contribution in [2.75, 3.05) is 26.7 Å². The molecule has 4 heterocycles. The SMILES string of the molecule is CN1CCNCC1c1noc(CCc2nc(-c3cccs3)no2)n1. The van der Waals surface area contributed by atoms with E-state index < -0.39 is 0 Å². The molecule has 1 atom stereocenters. The molecular weight excluding hydrogens is 328 g/mol. The van der Waals surface area contributed by atoms with Crippen LogP contribution in [0.1, 0.15) is 23.6 Å². The van der Waals surface area contributed by atoms with E-state index in [1.807, 2.05) is 17.5 Å². The Morgan fingerprint density at radius 1 is 1.25 bits per heavy atom. The highest BCUT2D eigenvalue weighted by atomic mass is 32.1. The number of hydrogen-bond acceptors (Lipinski definition) is 9. The third kappa shape index (κ3) is 3.23. The van der Waals surface area contributed by atoms with Crippen LogP contribution in [-0.4, -0.2) is 51.9 Å². The fraction of sp³-hybridized carbons (Fsp3) is 0.467. The summed E-state index contributed by atoms with van der Waals surface area (Å²) in [6.45, 7) is 2.80. The lowest BCUT2D eigenvalue weighted by atomic mass is 10.2. The highest BCUT2D eigenvalue weighted by Gasteiger charge is 2.25. The van der Waals surface area contributed by atoms with Gasteiger partial charge in [0.15, 0.2) is 5.82 Å². The largest absolute Gasteiger partial charge is 0.339 e. The fourth-order valence-electron chi connectivity index (χ4n) is 2.68. The summed E-state index contributed by atoms with van der Waals surface area (Å²) in [5.41, 5.74) is 0. The minimum absolute atomic E-state index is 0.157. The number of thiophene rings is 1. The van der Waals surface area contributed by atoms with Crippen LogP contribution in [0.4, 0.5) is 0 Å². The van der Waals surface area contributed by atoms with Crippen LogP contribution >= 0.6 is 11.3 Å². The average Bonchev–Trinajstić information content (AvgIpc) is 3.34. The molecule has 0 radical (unpaired) electrons. The quantitative estimate of drug-likeness (QED) is 0.744. The molecule has 1 aliphatic rings. The molecule has 1 unspecified atom stereocenters. The van der Waals surface area contributed by atoms with Crippen molar-refractivity contribution in [3.05, 3.63) is 35.1 Å². The summed E-state index contributed by atoms with van der Waals surface area (Å²) in [4.78, 5) is 12.1. The van der Waals surface area contributed by atoms with Crippen molar-refractivity contribution in [3.8, 4) is 10.7 Å². The van der Waals surface area contributed by atoms with Gasteiger partial charge >= 0.3 is 0 Å². The maximum Gasteiger partial charge on any atom is 0.227 e. The van der Waals surface area contributed by atoms with Crippen molar-refractivity contribution in [1.29, 1.82) is 0 Å². The van der Waals surface area contributed by atoms with Crippen molar-refractivity contribution in [1.82, 2.24) is 30.5 Å². The minimum atomic E-state index is 0.157. The summed E-state index contributed by atoms with van der Waals surface area (Å²) in [6, 6.07) is 4.09. The molecule has 4 rings (SSSR count). The topological polar surface area (TPSA) is 93.1 Å². The van der Waals surface area contributed by atoms with Gasteiger partial charge in [0.25, 0.3) is 0 Å². The summed E-state index contributed by atoms with van der Waals surface area (Å²) >= 11 is 1.59. The first-order valence-corrected chi connectivity index (χ1v) is 8.77. The van der Waals surface area contributed by atoms with Crippen molar-refractivity contribution < 1.29 is 9.05 Å². The van der Waals surface area contributed by atoms with Gasteiger partial charge in [-0.15, -0.1) is 11.3 Å². The van der Waals surface area contributed by atoms with Gasteiger partial charge in [0.2, 0.25) is 17.6 Å². The maximum absolute atomic E-state index is 5.36. The maximum atomic E-state index is 5.36. The number of rotatable bonds is 5. The molecule has 1 saturated heterocycles. The molecule has 1 aliphatic heterocycles. The second-order valence-corrected chi connectivity index (χ2v) is 6.68. The van der Waals surface area contributed by atoms with Gasteiger partial charge < -0.3 is 14.4 Å². The zero-order valence-corrected chi connectivity index (χ0v) is 14.1. The van der Waals surface area contributed by atoms with E-state index in [0.717, 1.165) is 30.3 Å². The van der Waals surface area contributed by atoms with Crippen LogP contribution in [0.25, 0.3) is 10.7 Å². The van der Waals surface area contributed by atoms with Gasteiger partial charge in [0, 0.05) is 32.5 Å². The van der Waals surface area contributed by atoms with Crippen LogP contribution < -0.4 is 5.32 Å². The Bertz CT molecular complexity index is 784. The summed E-state index contributed by atoms with van der Waals surface area (Å²) in [5.74, 6) is 2.53. The van der Waals surface area contributed by atoms with E-state index in [9.17, 15) is 0 Å². The monoisotopic (exact) mass is 346 g/mol. The predicted molar refractivity (Wildman–Crippen MR) is 87.6 cm³/mol. The molecule has 1 N–H and O–H groups in total. The number of nitrogens with one attached hydrogen (secondary N) is 1. The molecule has 3 aromatic heterocycles. The number of aromatic nitrogens is 4. The van der Waals surface area contributed by atoms with Gasteiger partial charge in [0.1, 0.15) is 0 Å². The molecule has 126 valence electrons. The summed E-state index contributed by atoms with van der Waals surface area (Å²) in [7, 11) is 2.08. The number of piperazine rings is 1. The van der Waals surface area contributed by atoms with Crippen LogP contribution in [-0.2, 0) is 12.8 Å². The van der Waals surface area contributed by atoms with E-state index in [-0.39, 0.29) is 6.04 Å². The molecule has 0 spiro atoms. The zero-order chi connectivity index (χ0) is 16.4. The first-order chi connectivity index (χ1) is 11.8. The van der Waals surface area contributed by atoms with Gasteiger partial charge in [-0.2, -0.15) is 9.97 Å². The second-order valence-electron chi connectivity index (χ2n) is 5.74. The summed E-state index contributed by atoms with van der Waals surface area (Å²) in [5, 5.41) is 13.5. The summed E-state index contributed by atoms with van der Waals surface area (Å²) in [6.07, 6.45) is 1.17. The van der Waals surface area contributed by atoms with Crippen molar-refractivity contribution in [2.24, 2.45) is 0 Å². The van der Waals surface area contributed by atoms with Crippen LogP contribution in [0.3, 0.4) is 0 Å². The van der Waals surface area contributed by atoms with Gasteiger partial charge in [0.05, 0.1) is 10.9 Å². The first-order valence-electron chi connectivity index (χ1n) is 7.89. The molecule has 0 aliphatic carbocycles. The van der Waals surface area contributed by atoms with Crippen molar-refractivity contribution >= 4 is 11.3 Å². The Labute approximate surface area is 142 Å². The van der Waals surface area contributed by atoms with E-state index in [0.29, 0.717) is 30.4 Å². The highest BCUT2D eigenvalue weighted by molar-refractivity contribution is 7.13. The van der Waals surface area contributed by atoms with E-state index >= 15 is 0 Å². The average molecular weight is 346 g/mol. The number of hydrogen-bond donors (Lipinski definition) is 1. The molecule has 8 nitrogen and oxygen atoms in total. The van der Waals surface area contributed by atoms with Crippen LogP contribution in [0.5, 0.6) is 0 Å². The standard InChI is InChI=1S/C15H18N6O2S/c1-21-7-6-16-9-10(21)14-17-12(22-19-14)4-5-13-18-15(20-23-13)11-3-2-8-24-11/h2-3,8,10,16H,4-7,9H2,1H3. The van der Waals surface area contributed by atoms with Crippen molar-refractivity contribution in [2.45, 2.75) is 18.9 Å². The van der Waals surface area contributed by atoms with Gasteiger partial charge in [-0.1, -0.05) is 16.4 Å². The second kappa shape index (κ2) is 6.80. The van der Waals surface area contributed by atoms with Gasteiger partial charge in [-0.3, -0.25) is 4.90 Å². The third-order valence-electron chi connectivity index (χ3n) is 4.06. The van der Waals surface area contributed by atoms with Crippen LogP contribution in [0, 0.1) is 0 Å². The number of aryl methyl sites for hydroxylation is 2. The minimum Gasteiger partial charge on any atom is -0.339 e. The molecule has 3 aromatic rings. The number of likely N-dealkylation sites (N-methyl/N-ethyl adjacent to an activating group) is 1. The molecule has 0 aromatic carbocycles. The molecule has 24 heavy (non-hydrogen) atoms. The highest BCUT2D eigenvalue weighted by Crippen LogP contribution is 2.22. The Balaban J connectivity index is 1.38. The van der Waals surface area contributed by atoms with Crippen LogP contribution in [0.2, 0.25) is 0 Å². The first kappa shape index (κ1) is 15.4. The molecular formula is C15H18N6O2S. The molecule has 0 bridgehead atoms. The lowest BCUT2D eigenvalue weighted by Crippen LogP contribution is -2.44. The number of nitrogens with zero attached hydrogens (tertiary/aromatic N) is 5. The summed E-state index contributed by atoms with van der Waals surface area (Å²) < 4.78 is 10.7. The van der Waals surface area contributed by atoms with E-state index in [1.54, 1.807) is 11.3 Å². The van der Waals surface area contributed by atoms with Gasteiger partial charge in [-0.25, -0.2) is 0 Å². The van der Waals surface area contributed by atoms with Crippen molar-refractivity contribution in [3.63, 3.8) is 0 Å². The zero-order valence-electron chi connectivity index (χ0n) is 13.3. The Kier molecular flexibility index (Phi) is 4.37. The lowest BCUT2D eigenvalue weighted by Gasteiger charge is -2.30. The molecule has 9 heteroatoms. The Morgan fingerprint density at radius 3 is 2.88 bits per heavy atom. The predicted octanol–water partition coefficient (Wildman–Crippen LogP) is 1.54. The fourth-order valence-corrected chi connectivity index (χ4v) is 3.32. The molecule has 0 saturated carbocycles. The van der Waals surface area contributed by atoms with Crippen LogP contribution in [0.15, 0.2) is 26.6 Å². The van der Waals surface area contributed by atoms with E-state index in [2.05, 4.69) is 37.5 Å². The third-order valence-corrected chi connectivity index (χ3v) is 4.92. The molecule has 0 amide bonds. The smallest absolute Gasteiger partial charge is 0.227 e. The van der Waals surface area contributed by atoms with E-state index in [1.165, 1.54) is 0 Å². The van der Waals surface area contributed by atoms with Gasteiger partial charge in [-0.05, 0) is 18.5 Å². The molecule has 1 fully saturated rings.